The van der Waals surface area contributed by atoms with Gasteiger partial charge in [0.15, 0.2) is 0 Å². The largest absolute Gasteiger partial charge is 0.466 e. The smallest absolute Gasteiger partial charge is 0.306 e. The first-order chi connectivity index (χ1) is 15.1. The highest BCUT2D eigenvalue weighted by molar-refractivity contribution is 6.30. The lowest BCUT2D eigenvalue weighted by atomic mass is 10.1. The van der Waals surface area contributed by atoms with Gasteiger partial charge in [-0.25, -0.2) is 0 Å². The molecule has 5 heteroatoms. The molecule has 0 spiro atoms. The summed E-state index contributed by atoms with van der Waals surface area (Å²) in [5.41, 5.74) is 0.888. The van der Waals surface area contributed by atoms with Gasteiger partial charge >= 0.3 is 11.9 Å². The number of unbranched alkanes of at least 4 members (excludes halogenated alkanes) is 11. The Morgan fingerprint density at radius 3 is 1.71 bits per heavy atom. The van der Waals surface area contributed by atoms with E-state index >= 15 is 0 Å². The van der Waals surface area contributed by atoms with Gasteiger partial charge in [-0.2, -0.15) is 0 Å². The van der Waals surface area contributed by atoms with Gasteiger partial charge in [-0.05, 0) is 30.5 Å². The predicted molar refractivity (Wildman–Crippen MR) is 127 cm³/mol. The molecule has 1 aromatic rings. The molecular formula is C26H41ClO4. The fourth-order valence-electron chi connectivity index (χ4n) is 3.39. The number of hydrogen-bond donors (Lipinski definition) is 0. The van der Waals surface area contributed by atoms with Crippen LogP contribution in [-0.4, -0.2) is 18.5 Å². The zero-order chi connectivity index (χ0) is 22.6. The molecule has 0 radical (unpaired) electrons. The molecule has 0 saturated heterocycles. The minimum absolute atomic E-state index is 0.222. The second-order valence-corrected chi connectivity index (χ2v) is 8.69. The number of carbonyl (C=O) groups is 2. The molecular weight excluding hydrogens is 412 g/mol. The summed E-state index contributed by atoms with van der Waals surface area (Å²) in [6.45, 7) is 2.96. The molecule has 0 aliphatic heterocycles. The fourth-order valence-corrected chi connectivity index (χ4v) is 3.52. The van der Waals surface area contributed by atoms with Gasteiger partial charge in [0.05, 0.1) is 6.61 Å². The molecule has 0 atom stereocenters. The van der Waals surface area contributed by atoms with E-state index in [0.29, 0.717) is 18.1 Å². The van der Waals surface area contributed by atoms with E-state index in [2.05, 4.69) is 6.92 Å². The SMILES string of the molecule is CCCCCCCCCCCCCCOC(=O)CCCC(=O)OCc1ccc(Cl)cc1. The van der Waals surface area contributed by atoms with E-state index in [1.54, 1.807) is 12.1 Å². The molecule has 0 amide bonds. The Labute approximate surface area is 194 Å². The molecule has 0 aliphatic carbocycles. The van der Waals surface area contributed by atoms with Crippen molar-refractivity contribution in [3.63, 3.8) is 0 Å². The highest BCUT2D eigenvalue weighted by Gasteiger charge is 2.08. The van der Waals surface area contributed by atoms with Crippen molar-refractivity contribution in [2.45, 2.75) is 110 Å². The molecule has 0 heterocycles. The quantitative estimate of drug-likeness (QED) is 0.159. The average molecular weight is 453 g/mol. The first-order valence-electron chi connectivity index (χ1n) is 12.2. The number of ether oxygens (including phenoxy) is 2. The van der Waals surface area contributed by atoms with Crippen LogP contribution in [0.25, 0.3) is 0 Å². The highest BCUT2D eigenvalue weighted by atomic mass is 35.5. The summed E-state index contributed by atoms with van der Waals surface area (Å²) >= 11 is 5.82. The number of carbonyl (C=O) groups excluding carboxylic acids is 2. The van der Waals surface area contributed by atoms with Crippen LogP contribution >= 0.6 is 11.6 Å². The molecule has 0 fully saturated rings. The number of benzene rings is 1. The van der Waals surface area contributed by atoms with Gasteiger partial charge in [0.2, 0.25) is 0 Å². The third-order valence-electron chi connectivity index (χ3n) is 5.34. The third-order valence-corrected chi connectivity index (χ3v) is 5.59. The van der Waals surface area contributed by atoms with Crippen LogP contribution in [0.4, 0.5) is 0 Å². The minimum atomic E-state index is -0.302. The van der Waals surface area contributed by atoms with Crippen molar-refractivity contribution in [3.8, 4) is 0 Å². The lowest BCUT2D eigenvalue weighted by Gasteiger charge is -2.06. The van der Waals surface area contributed by atoms with Crippen LogP contribution in [0.1, 0.15) is 109 Å². The molecule has 176 valence electrons. The van der Waals surface area contributed by atoms with Crippen molar-refractivity contribution in [2.75, 3.05) is 6.61 Å². The highest BCUT2D eigenvalue weighted by Crippen LogP contribution is 2.13. The van der Waals surface area contributed by atoms with Gasteiger partial charge in [0.25, 0.3) is 0 Å². The molecule has 0 unspecified atom stereocenters. The van der Waals surface area contributed by atoms with Crippen molar-refractivity contribution in [3.05, 3.63) is 34.9 Å². The molecule has 1 aromatic carbocycles. The number of hydrogen-bond acceptors (Lipinski definition) is 4. The van der Waals surface area contributed by atoms with Crippen LogP contribution in [0, 0.1) is 0 Å². The number of esters is 2. The van der Waals surface area contributed by atoms with Crippen LogP contribution in [0.15, 0.2) is 24.3 Å². The van der Waals surface area contributed by atoms with Crippen LogP contribution in [-0.2, 0) is 25.7 Å². The molecule has 0 aliphatic rings. The zero-order valence-electron chi connectivity index (χ0n) is 19.3. The topological polar surface area (TPSA) is 52.6 Å². The first-order valence-corrected chi connectivity index (χ1v) is 12.5. The van der Waals surface area contributed by atoms with Crippen LogP contribution < -0.4 is 0 Å². The zero-order valence-corrected chi connectivity index (χ0v) is 20.1. The molecule has 31 heavy (non-hydrogen) atoms. The van der Waals surface area contributed by atoms with Gasteiger partial charge < -0.3 is 9.47 Å². The second-order valence-electron chi connectivity index (χ2n) is 8.25. The molecule has 0 aromatic heterocycles. The lowest BCUT2D eigenvalue weighted by Crippen LogP contribution is -2.08. The summed E-state index contributed by atoms with van der Waals surface area (Å²) in [4.78, 5) is 23.5. The van der Waals surface area contributed by atoms with E-state index in [0.717, 1.165) is 18.4 Å². The van der Waals surface area contributed by atoms with Gasteiger partial charge in [0, 0.05) is 17.9 Å². The van der Waals surface area contributed by atoms with E-state index < -0.39 is 0 Å². The van der Waals surface area contributed by atoms with Crippen LogP contribution in [0.2, 0.25) is 5.02 Å². The van der Waals surface area contributed by atoms with Gasteiger partial charge in [-0.1, -0.05) is 101 Å². The van der Waals surface area contributed by atoms with Gasteiger partial charge in [-0.15, -0.1) is 0 Å². The third kappa shape index (κ3) is 16.8. The molecule has 0 bridgehead atoms. The van der Waals surface area contributed by atoms with E-state index in [9.17, 15) is 9.59 Å². The molecule has 0 saturated carbocycles. The monoisotopic (exact) mass is 452 g/mol. The summed E-state index contributed by atoms with van der Waals surface area (Å²) < 4.78 is 10.5. The Kier molecular flexibility index (Phi) is 17.0. The first kappa shape index (κ1) is 27.5. The summed E-state index contributed by atoms with van der Waals surface area (Å²) in [5.74, 6) is -0.530. The maximum atomic E-state index is 11.8. The van der Waals surface area contributed by atoms with E-state index in [1.807, 2.05) is 12.1 Å². The van der Waals surface area contributed by atoms with Crippen molar-refractivity contribution >= 4 is 23.5 Å². The lowest BCUT2D eigenvalue weighted by molar-refractivity contribution is -0.146. The minimum Gasteiger partial charge on any atom is -0.466 e. The average Bonchev–Trinajstić information content (AvgIpc) is 2.76. The Morgan fingerprint density at radius 2 is 1.16 bits per heavy atom. The van der Waals surface area contributed by atoms with Crippen molar-refractivity contribution in [1.82, 2.24) is 0 Å². The Bertz CT molecular complexity index is 586. The second kappa shape index (κ2) is 19.2. The van der Waals surface area contributed by atoms with Gasteiger partial charge in [-0.3, -0.25) is 9.59 Å². The summed E-state index contributed by atoms with van der Waals surface area (Å²) in [6.07, 6.45) is 16.4. The predicted octanol–water partition coefficient (Wildman–Crippen LogP) is 7.80. The van der Waals surface area contributed by atoms with Crippen LogP contribution in [0.3, 0.4) is 0 Å². The number of rotatable bonds is 19. The Balaban J connectivity index is 1.86. The van der Waals surface area contributed by atoms with Crippen molar-refractivity contribution in [1.29, 1.82) is 0 Å². The summed E-state index contributed by atoms with van der Waals surface area (Å²) in [7, 11) is 0. The maximum absolute atomic E-state index is 11.8. The van der Waals surface area contributed by atoms with Crippen molar-refractivity contribution in [2.24, 2.45) is 0 Å². The summed E-state index contributed by atoms with van der Waals surface area (Å²) in [5, 5.41) is 0.650. The van der Waals surface area contributed by atoms with E-state index in [4.69, 9.17) is 21.1 Å². The summed E-state index contributed by atoms with van der Waals surface area (Å²) in [6, 6.07) is 7.17. The van der Waals surface area contributed by atoms with Gasteiger partial charge in [0.1, 0.15) is 6.61 Å². The van der Waals surface area contributed by atoms with Crippen molar-refractivity contribution < 1.29 is 19.1 Å². The van der Waals surface area contributed by atoms with Crippen LogP contribution in [0.5, 0.6) is 0 Å². The van der Waals surface area contributed by atoms with E-state index in [1.165, 1.54) is 64.2 Å². The molecule has 4 nitrogen and oxygen atoms in total. The fraction of sp³-hybridized carbons (Fsp3) is 0.692. The Morgan fingerprint density at radius 1 is 0.677 bits per heavy atom. The van der Waals surface area contributed by atoms with E-state index in [-0.39, 0.29) is 31.4 Å². The normalized spacial score (nSPS) is 10.8. The Hall–Kier alpha value is -1.55. The molecule has 0 N–H and O–H groups in total. The molecule has 1 rings (SSSR count). The maximum Gasteiger partial charge on any atom is 0.306 e. The number of halogens is 1. The standard InChI is InChI=1S/C26H41ClO4/c1-2-3-4-5-6-7-8-9-10-11-12-13-21-30-25(28)15-14-16-26(29)31-22-23-17-19-24(27)20-18-23/h17-20H,2-16,21-22H2,1H3.